The maximum absolute atomic E-state index is 15.1. The number of rotatable bonds is 17. The van der Waals surface area contributed by atoms with E-state index in [-0.39, 0.29) is 88.5 Å². The molecule has 380 valence electrons. The lowest BCUT2D eigenvalue weighted by molar-refractivity contribution is -0.135. The van der Waals surface area contributed by atoms with Crippen LogP contribution in [0, 0.1) is 34.1 Å². The third-order valence-electron chi connectivity index (χ3n) is 13.6. The molecule has 0 amide bonds. The van der Waals surface area contributed by atoms with Crippen LogP contribution in [0.15, 0.2) is 122 Å². The zero-order valence-corrected chi connectivity index (χ0v) is 40.8. The van der Waals surface area contributed by atoms with Gasteiger partial charge in [-0.15, -0.1) is 0 Å². The number of hydrogen-bond acceptors (Lipinski definition) is 14. The number of ketones is 4. The van der Waals surface area contributed by atoms with Gasteiger partial charge in [0.15, 0.2) is 80.1 Å². The summed E-state index contributed by atoms with van der Waals surface area (Å²) in [6.45, 7) is 3.37. The molecule has 1 N–H and O–H groups in total. The molecule has 1 aliphatic heterocycles. The van der Waals surface area contributed by atoms with E-state index in [1.54, 1.807) is 36.5 Å². The van der Waals surface area contributed by atoms with E-state index >= 15 is 4.39 Å². The van der Waals surface area contributed by atoms with Crippen LogP contribution in [0.25, 0.3) is 22.3 Å². The van der Waals surface area contributed by atoms with Crippen molar-refractivity contribution in [1.29, 1.82) is 0 Å². The number of pyridine rings is 2. The third-order valence-corrected chi connectivity index (χ3v) is 13.8. The molecule has 19 heteroatoms. The monoisotopic (exact) mass is 1040 g/mol. The summed E-state index contributed by atoms with van der Waals surface area (Å²) in [5.41, 5.74) is 1.51. The van der Waals surface area contributed by atoms with E-state index < -0.39 is 22.5 Å². The molecule has 11 rings (SSSR count). The summed E-state index contributed by atoms with van der Waals surface area (Å²) >= 11 is 5.84. The average molecular weight is 1040 g/mol. The van der Waals surface area contributed by atoms with Crippen LogP contribution < -0.4 is 19.7 Å². The Labute approximate surface area is 431 Å². The molecule has 2 saturated carbocycles. The number of carbonyl (C=O) groups is 4. The second kappa shape index (κ2) is 21.4. The first kappa shape index (κ1) is 50.4. The summed E-state index contributed by atoms with van der Waals surface area (Å²) < 4.78 is 67.8. The van der Waals surface area contributed by atoms with Gasteiger partial charge in [-0.3, -0.25) is 19.2 Å². The van der Waals surface area contributed by atoms with Crippen LogP contribution in [0.2, 0.25) is 5.15 Å². The number of piperazine rings is 1. The predicted molar refractivity (Wildman–Crippen MR) is 269 cm³/mol. The SMILES string of the molecule is O=C(Cc1ccc(F)cc1)C1(C(=O)Cc2ccc(Oc3ccnc4nc(Cl)cnc34)c(F)c2)CC1.O=C(Cc1ccc(F)cc1)C1(C(=O)Cc2ccc(Oc3ccnc4nc(N5CCNCC5)cnc34)c(F)c2)CC1. The molecule has 1 saturated heterocycles. The summed E-state index contributed by atoms with van der Waals surface area (Å²) in [4.78, 5) is 79.6. The number of nitrogens with one attached hydrogen (secondary N) is 1. The summed E-state index contributed by atoms with van der Waals surface area (Å²) in [7, 11) is 0. The van der Waals surface area contributed by atoms with E-state index in [4.69, 9.17) is 21.1 Å². The van der Waals surface area contributed by atoms with Gasteiger partial charge in [0.25, 0.3) is 0 Å². The van der Waals surface area contributed by atoms with Crippen molar-refractivity contribution in [2.75, 3.05) is 31.1 Å². The Bertz CT molecular complexity index is 3500. The van der Waals surface area contributed by atoms with Crippen molar-refractivity contribution in [1.82, 2.24) is 35.2 Å². The average Bonchev–Trinajstić information content (AvgIpc) is 4.36. The number of aromatic nitrogens is 6. The Hall–Kier alpha value is -8.09. The standard InChI is InChI=1S/C30H27F2N5O3.C26H18ClF2N3O3/c31-21-4-1-19(2-5-21)16-25(38)30(8-9-30)26(39)17-20-3-6-23(22(32)15-20)40-24-7-10-34-29-28(24)35-18-27(36-29)37-13-11-33-12-14-37;27-23-14-31-24-20(7-10-30-25(24)32-23)35-19-6-3-16(11-18(19)29)13-22(34)26(8-9-26)21(33)12-15-1-4-17(28)5-2-15/h1-7,10,15,18,33H,8-9,11-14,16-17H2;1-7,10-11,14H,8-9,12-13H2. The first-order valence-corrected chi connectivity index (χ1v) is 24.5. The van der Waals surface area contributed by atoms with Crippen LogP contribution in [0.4, 0.5) is 23.4 Å². The molecular formula is C56H45ClF4N8O6. The molecule has 0 spiro atoms. The number of nitrogens with zero attached hydrogens (tertiary/aromatic N) is 7. The highest BCUT2D eigenvalue weighted by Crippen LogP contribution is 2.50. The first-order chi connectivity index (χ1) is 36.2. The van der Waals surface area contributed by atoms with Gasteiger partial charge in [0.1, 0.15) is 22.6 Å². The van der Waals surface area contributed by atoms with E-state index in [9.17, 15) is 32.3 Å². The van der Waals surface area contributed by atoms with Gasteiger partial charge in [-0.05, 0) is 96.5 Å². The highest BCUT2D eigenvalue weighted by atomic mass is 35.5. The van der Waals surface area contributed by atoms with Gasteiger partial charge < -0.3 is 19.7 Å². The molecule has 0 bridgehead atoms. The fraction of sp³-hybridized carbons (Fsp3) is 0.250. The fourth-order valence-corrected chi connectivity index (χ4v) is 9.12. The highest BCUT2D eigenvalue weighted by molar-refractivity contribution is 6.29. The number of fused-ring (bicyclic) bond motifs is 2. The minimum Gasteiger partial charge on any atom is -0.452 e. The van der Waals surface area contributed by atoms with E-state index in [1.165, 1.54) is 85.3 Å². The predicted octanol–water partition coefficient (Wildman–Crippen LogP) is 9.66. The third kappa shape index (κ3) is 11.4. The van der Waals surface area contributed by atoms with Gasteiger partial charge in [-0.1, -0.05) is 48.0 Å². The van der Waals surface area contributed by atoms with Gasteiger partial charge in [0, 0.05) is 76.4 Å². The normalized spacial score (nSPS) is 15.1. The lowest BCUT2D eigenvalue weighted by Gasteiger charge is -2.28. The number of ether oxygens (including phenoxy) is 2. The molecule has 5 heterocycles. The Morgan fingerprint density at radius 3 is 1.37 bits per heavy atom. The smallest absolute Gasteiger partial charge is 0.184 e. The molecule has 3 fully saturated rings. The molecule has 0 atom stereocenters. The van der Waals surface area contributed by atoms with Crippen LogP contribution in [0.1, 0.15) is 47.9 Å². The minimum absolute atomic E-state index is 0.0230. The van der Waals surface area contributed by atoms with Crippen molar-refractivity contribution in [3.05, 3.63) is 173 Å². The Morgan fingerprint density at radius 1 is 0.520 bits per heavy atom. The van der Waals surface area contributed by atoms with Crippen LogP contribution in [-0.2, 0) is 44.9 Å². The van der Waals surface area contributed by atoms with Crippen molar-refractivity contribution >= 4 is 62.9 Å². The summed E-state index contributed by atoms with van der Waals surface area (Å²) in [5, 5.41) is 3.47. The molecule has 0 unspecified atom stereocenters. The van der Waals surface area contributed by atoms with E-state index in [0.29, 0.717) is 70.4 Å². The largest absolute Gasteiger partial charge is 0.452 e. The lowest BCUT2D eigenvalue weighted by atomic mass is 9.88. The van der Waals surface area contributed by atoms with Gasteiger partial charge >= 0.3 is 0 Å². The maximum Gasteiger partial charge on any atom is 0.184 e. The molecule has 14 nitrogen and oxygen atoms in total. The summed E-state index contributed by atoms with van der Waals surface area (Å²) in [6.07, 6.45) is 7.86. The van der Waals surface area contributed by atoms with Crippen LogP contribution >= 0.6 is 11.6 Å². The van der Waals surface area contributed by atoms with Gasteiger partial charge in [0.2, 0.25) is 0 Å². The van der Waals surface area contributed by atoms with Crippen molar-refractivity contribution in [2.45, 2.75) is 51.4 Å². The molecule has 3 aliphatic rings. The topological polar surface area (TPSA) is 179 Å². The number of hydrogen-bond donors (Lipinski definition) is 1. The maximum atomic E-state index is 15.1. The van der Waals surface area contributed by atoms with Crippen molar-refractivity contribution in [3.8, 4) is 23.0 Å². The molecule has 8 aromatic rings. The number of halogens is 5. The first-order valence-electron chi connectivity index (χ1n) is 24.1. The minimum atomic E-state index is -1.05. The van der Waals surface area contributed by atoms with Crippen molar-refractivity contribution in [2.24, 2.45) is 10.8 Å². The number of carbonyl (C=O) groups excluding carboxylic acids is 4. The van der Waals surface area contributed by atoms with Crippen molar-refractivity contribution < 1.29 is 46.2 Å². The molecule has 4 aromatic heterocycles. The summed E-state index contributed by atoms with van der Waals surface area (Å²) in [5.74, 6) is -1.71. The number of benzene rings is 4. The molecule has 0 radical (unpaired) electrons. The van der Waals surface area contributed by atoms with Gasteiger partial charge in [-0.2, -0.15) is 0 Å². The zero-order valence-electron chi connectivity index (χ0n) is 40.0. The fourth-order valence-electron chi connectivity index (χ4n) is 8.99. The van der Waals surface area contributed by atoms with E-state index in [1.807, 2.05) is 0 Å². The Morgan fingerprint density at radius 2 is 0.933 bits per heavy atom. The van der Waals surface area contributed by atoms with E-state index in [0.717, 1.165) is 32.0 Å². The van der Waals surface area contributed by atoms with Crippen molar-refractivity contribution in [3.63, 3.8) is 0 Å². The van der Waals surface area contributed by atoms with Crippen LogP contribution in [-0.4, -0.2) is 79.2 Å². The molecule has 4 aromatic carbocycles. The Kier molecular flexibility index (Phi) is 14.4. The second-order valence-electron chi connectivity index (χ2n) is 18.7. The molecule has 2 aliphatic carbocycles. The second-order valence-corrected chi connectivity index (χ2v) is 19.1. The number of anilines is 1. The lowest BCUT2D eigenvalue weighted by Crippen LogP contribution is -2.43. The molecular weight excluding hydrogens is 992 g/mol. The van der Waals surface area contributed by atoms with Gasteiger partial charge in [0.05, 0.1) is 23.2 Å². The number of Topliss-reactive ketones (excluding diaryl/α,β-unsaturated/α-hetero) is 4. The summed E-state index contributed by atoms with van der Waals surface area (Å²) in [6, 6.07) is 23.0. The van der Waals surface area contributed by atoms with Crippen LogP contribution in [0.5, 0.6) is 23.0 Å². The zero-order chi connectivity index (χ0) is 52.3. The Balaban J connectivity index is 0.000000173. The van der Waals surface area contributed by atoms with Gasteiger partial charge in [-0.25, -0.2) is 47.5 Å². The van der Waals surface area contributed by atoms with E-state index in [2.05, 4.69) is 40.1 Å². The highest BCUT2D eigenvalue weighted by Gasteiger charge is 2.55. The molecule has 75 heavy (non-hydrogen) atoms. The van der Waals surface area contributed by atoms with Crippen LogP contribution in [0.3, 0.4) is 0 Å². The quantitative estimate of drug-likeness (QED) is 0.0673.